The normalized spacial score (nSPS) is 10.1. The molecule has 0 aliphatic heterocycles. The van der Waals surface area contributed by atoms with Crippen LogP contribution in [0.15, 0.2) is 30.7 Å². The molecule has 0 amide bonds. The van der Waals surface area contributed by atoms with Gasteiger partial charge in [0.15, 0.2) is 0 Å². The number of hydrogen-bond donors (Lipinski definition) is 1. The first-order chi connectivity index (χ1) is 5.92. The Morgan fingerprint density at radius 1 is 1.25 bits per heavy atom. The molecule has 2 rings (SSSR count). The zero-order valence-electron chi connectivity index (χ0n) is 6.78. The van der Waals surface area contributed by atoms with Crippen molar-refractivity contribution in [3.05, 3.63) is 30.7 Å². The summed E-state index contributed by atoms with van der Waals surface area (Å²) >= 11 is 0. The fraction of sp³-hybridized carbons (Fsp3) is 0.111. The van der Waals surface area contributed by atoms with Gasteiger partial charge >= 0.3 is 0 Å². The summed E-state index contributed by atoms with van der Waals surface area (Å²) in [5.41, 5.74) is 2.01. The molecule has 3 heteroatoms. The van der Waals surface area contributed by atoms with Gasteiger partial charge in [0.05, 0.1) is 11.7 Å². The van der Waals surface area contributed by atoms with Crippen molar-refractivity contribution >= 4 is 16.6 Å². The van der Waals surface area contributed by atoms with Gasteiger partial charge < -0.3 is 5.32 Å². The summed E-state index contributed by atoms with van der Waals surface area (Å²) < 4.78 is 0. The molecule has 0 fully saturated rings. The molecule has 0 aliphatic rings. The Kier molecular flexibility index (Phi) is 1.63. The molecule has 2 aromatic heterocycles. The van der Waals surface area contributed by atoms with E-state index in [-0.39, 0.29) is 0 Å². The van der Waals surface area contributed by atoms with E-state index in [0.29, 0.717) is 0 Å². The molecule has 0 aliphatic carbocycles. The number of fused-ring (bicyclic) bond motifs is 1. The lowest BCUT2D eigenvalue weighted by molar-refractivity contribution is 1.31. The second-order valence-electron chi connectivity index (χ2n) is 2.50. The first-order valence-electron chi connectivity index (χ1n) is 3.78. The quantitative estimate of drug-likeness (QED) is 0.687. The van der Waals surface area contributed by atoms with Gasteiger partial charge in [-0.3, -0.25) is 9.97 Å². The number of nitrogens with one attached hydrogen (secondary N) is 1. The maximum Gasteiger partial charge on any atom is 0.0905 e. The molecule has 60 valence electrons. The Bertz CT molecular complexity index is 392. The molecule has 0 unspecified atom stereocenters. The fourth-order valence-electron chi connectivity index (χ4n) is 1.22. The lowest BCUT2D eigenvalue weighted by Gasteiger charge is -2.02. The maximum atomic E-state index is 4.19. The Balaban J connectivity index is 2.79. The van der Waals surface area contributed by atoms with Crippen LogP contribution in [0.25, 0.3) is 10.9 Å². The Morgan fingerprint density at radius 2 is 2.17 bits per heavy atom. The van der Waals surface area contributed by atoms with Crippen LogP contribution in [-0.2, 0) is 0 Å². The van der Waals surface area contributed by atoms with Crippen LogP contribution in [-0.4, -0.2) is 17.0 Å². The van der Waals surface area contributed by atoms with Crippen LogP contribution < -0.4 is 5.32 Å². The molecule has 0 atom stereocenters. The Morgan fingerprint density at radius 3 is 3.00 bits per heavy atom. The summed E-state index contributed by atoms with van der Waals surface area (Å²) in [7, 11) is 1.90. The number of rotatable bonds is 1. The first-order valence-corrected chi connectivity index (χ1v) is 3.78. The van der Waals surface area contributed by atoms with Crippen LogP contribution in [0.2, 0.25) is 0 Å². The van der Waals surface area contributed by atoms with Crippen molar-refractivity contribution in [2.75, 3.05) is 12.4 Å². The molecule has 12 heavy (non-hydrogen) atoms. The zero-order valence-corrected chi connectivity index (χ0v) is 6.78. The third-order valence-corrected chi connectivity index (χ3v) is 1.81. The van der Waals surface area contributed by atoms with E-state index in [0.717, 1.165) is 16.6 Å². The van der Waals surface area contributed by atoms with Gasteiger partial charge in [-0.1, -0.05) is 0 Å². The lowest BCUT2D eigenvalue weighted by Crippen LogP contribution is -1.90. The van der Waals surface area contributed by atoms with Gasteiger partial charge in [-0.25, -0.2) is 0 Å². The molecular formula is C9H9N3. The summed E-state index contributed by atoms with van der Waals surface area (Å²) in [6.07, 6.45) is 5.30. The minimum Gasteiger partial charge on any atom is -0.388 e. The minimum absolute atomic E-state index is 0.921. The molecule has 3 nitrogen and oxygen atoms in total. The highest BCUT2D eigenvalue weighted by atomic mass is 14.8. The third kappa shape index (κ3) is 0.993. The smallest absolute Gasteiger partial charge is 0.0905 e. The van der Waals surface area contributed by atoms with Crippen LogP contribution >= 0.6 is 0 Å². The summed E-state index contributed by atoms with van der Waals surface area (Å²) in [4.78, 5) is 8.19. The van der Waals surface area contributed by atoms with Crippen LogP contribution in [0.5, 0.6) is 0 Å². The third-order valence-electron chi connectivity index (χ3n) is 1.81. The summed E-state index contributed by atoms with van der Waals surface area (Å²) in [5.74, 6) is 0. The van der Waals surface area contributed by atoms with Gasteiger partial charge in [-0.2, -0.15) is 0 Å². The van der Waals surface area contributed by atoms with Crippen LogP contribution in [0.1, 0.15) is 0 Å². The molecule has 0 saturated carbocycles. The van der Waals surface area contributed by atoms with E-state index in [1.165, 1.54) is 0 Å². The van der Waals surface area contributed by atoms with Crippen LogP contribution in [0.4, 0.5) is 5.69 Å². The molecule has 0 spiro atoms. The highest BCUT2D eigenvalue weighted by Crippen LogP contribution is 2.18. The molecule has 0 saturated heterocycles. The van der Waals surface area contributed by atoms with E-state index in [1.54, 1.807) is 18.6 Å². The molecule has 0 aromatic carbocycles. The highest BCUT2D eigenvalue weighted by Gasteiger charge is 1.97. The largest absolute Gasteiger partial charge is 0.388 e. The van der Waals surface area contributed by atoms with Crippen molar-refractivity contribution in [1.82, 2.24) is 9.97 Å². The van der Waals surface area contributed by atoms with Gasteiger partial charge in [0.1, 0.15) is 0 Å². The SMILES string of the molecule is CNc1ccnc2cnccc12. The van der Waals surface area contributed by atoms with Crippen molar-refractivity contribution in [3.63, 3.8) is 0 Å². The minimum atomic E-state index is 0.921. The Hall–Kier alpha value is -1.64. The summed E-state index contributed by atoms with van der Waals surface area (Å²) in [6.45, 7) is 0. The van der Waals surface area contributed by atoms with Gasteiger partial charge in [-0.15, -0.1) is 0 Å². The number of hydrogen-bond acceptors (Lipinski definition) is 3. The van der Waals surface area contributed by atoms with E-state index < -0.39 is 0 Å². The van der Waals surface area contributed by atoms with E-state index in [4.69, 9.17) is 0 Å². The summed E-state index contributed by atoms with van der Waals surface area (Å²) in [5, 5.41) is 4.21. The molecule has 0 radical (unpaired) electrons. The second-order valence-corrected chi connectivity index (χ2v) is 2.50. The molecule has 2 heterocycles. The van der Waals surface area contributed by atoms with E-state index in [2.05, 4.69) is 15.3 Å². The number of aromatic nitrogens is 2. The Labute approximate surface area is 70.5 Å². The standard InChI is InChI=1S/C9H9N3/c1-10-8-3-5-12-9-6-11-4-2-7(8)9/h2-6H,1H3,(H,10,12). The van der Waals surface area contributed by atoms with E-state index in [1.807, 2.05) is 19.2 Å². The van der Waals surface area contributed by atoms with Crippen molar-refractivity contribution in [2.24, 2.45) is 0 Å². The average molecular weight is 159 g/mol. The predicted octanol–water partition coefficient (Wildman–Crippen LogP) is 1.67. The molecule has 1 N–H and O–H groups in total. The fourth-order valence-corrected chi connectivity index (χ4v) is 1.22. The zero-order chi connectivity index (χ0) is 8.39. The molecule has 0 bridgehead atoms. The van der Waals surface area contributed by atoms with Gasteiger partial charge in [0, 0.05) is 30.5 Å². The lowest BCUT2D eigenvalue weighted by atomic mass is 10.2. The van der Waals surface area contributed by atoms with E-state index in [9.17, 15) is 0 Å². The molecule has 2 aromatic rings. The van der Waals surface area contributed by atoms with Crippen molar-refractivity contribution in [1.29, 1.82) is 0 Å². The second kappa shape index (κ2) is 2.77. The maximum absolute atomic E-state index is 4.19. The van der Waals surface area contributed by atoms with Crippen molar-refractivity contribution < 1.29 is 0 Å². The highest BCUT2D eigenvalue weighted by molar-refractivity contribution is 5.90. The monoisotopic (exact) mass is 159 g/mol. The number of nitrogens with zero attached hydrogens (tertiary/aromatic N) is 2. The van der Waals surface area contributed by atoms with Crippen LogP contribution in [0.3, 0.4) is 0 Å². The first kappa shape index (κ1) is 7.03. The average Bonchev–Trinajstić information content (AvgIpc) is 2.17. The van der Waals surface area contributed by atoms with Gasteiger partial charge in [0.2, 0.25) is 0 Å². The van der Waals surface area contributed by atoms with Crippen LogP contribution in [0, 0.1) is 0 Å². The van der Waals surface area contributed by atoms with Crippen molar-refractivity contribution in [3.8, 4) is 0 Å². The molecular weight excluding hydrogens is 150 g/mol. The van der Waals surface area contributed by atoms with Crippen molar-refractivity contribution in [2.45, 2.75) is 0 Å². The number of anilines is 1. The van der Waals surface area contributed by atoms with Gasteiger partial charge in [0.25, 0.3) is 0 Å². The topological polar surface area (TPSA) is 37.8 Å². The summed E-state index contributed by atoms with van der Waals surface area (Å²) in [6, 6.07) is 3.90. The number of pyridine rings is 2. The predicted molar refractivity (Wildman–Crippen MR) is 49.1 cm³/mol. The van der Waals surface area contributed by atoms with Gasteiger partial charge in [-0.05, 0) is 12.1 Å². The van der Waals surface area contributed by atoms with E-state index >= 15 is 0 Å².